The molecule has 0 saturated carbocycles. The van der Waals surface area contributed by atoms with Gasteiger partial charge in [0.1, 0.15) is 12.0 Å². The van der Waals surface area contributed by atoms with Crippen LogP contribution in [0.5, 0.6) is 5.75 Å². The highest BCUT2D eigenvalue weighted by atomic mass is 19.2. The van der Waals surface area contributed by atoms with E-state index in [-0.39, 0.29) is 11.3 Å². The maximum atomic E-state index is 13.1. The average Bonchev–Trinajstić information content (AvgIpc) is 2.49. The van der Waals surface area contributed by atoms with Crippen LogP contribution in [0.1, 0.15) is 20.7 Å². The third kappa shape index (κ3) is 3.22. The van der Waals surface area contributed by atoms with Gasteiger partial charge in [0, 0.05) is 11.1 Å². The molecule has 0 fully saturated rings. The summed E-state index contributed by atoms with van der Waals surface area (Å²) in [7, 11) is 1.41. The Bertz CT molecular complexity index is 701. The molecule has 108 valence electrons. The molecule has 0 unspecified atom stereocenters. The second-order valence-corrected chi connectivity index (χ2v) is 4.16. The molecule has 4 nitrogen and oxygen atoms in total. The van der Waals surface area contributed by atoms with Gasteiger partial charge >= 0.3 is 0 Å². The molecule has 0 radical (unpaired) electrons. The Kier molecular flexibility index (Phi) is 4.27. The summed E-state index contributed by atoms with van der Waals surface area (Å²) < 4.78 is 31.0. The lowest BCUT2D eigenvalue weighted by atomic mass is 10.1. The summed E-state index contributed by atoms with van der Waals surface area (Å²) in [5.41, 5.74) is 0.556. The predicted octanol–water partition coefficient (Wildman–Crippen LogP) is 3.04. The lowest BCUT2D eigenvalue weighted by molar-refractivity contribution is 0.102. The monoisotopic (exact) mass is 291 g/mol. The normalized spacial score (nSPS) is 10.0. The molecule has 2 aromatic rings. The van der Waals surface area contributed by atoms with Crippen molar-refractivity contribution in [3.63, 3.8) is 0 Å². The number of hydrogen-bond donors (Lipinski definition) is 1. The number of methoxy groups -OCH3 is 1. The molecule has 1 N–H and O–H groups in total. The number of aldehydes is 1. The van der Waals surface area contributed by atoms with Crippen LogP contribution in [0.4, 0.5) is 14.5 Å². The SMILES string of the molecule is COc1ccc(C=O)cc1NC(=O)c1ccc(F)c(F)c1. The van der Waals surface area contributed by atoms with Crippen molar-refractivity contribution < 1.29 is 23.1 Å². The quantitative estimate of drug-likeness (QED) is 0.881. The molecule has 2 aromatic carbocycles. The summed E-state index contributed by atoms with van der Waals surface area (Å²) in [6.07, 6.45) is 0.618. The summed E-state index contributed by atoms with van der Waals surface area (Å²) in [6, 6.07) is 7.28. The van der Waals surface area contributed by atoms with Gasteiger partial charge in [0.05, 0.1) is 12.8 Å². The molecule has 0 bridgehead atoms. The summed E-state index contributed by atoms with van der Waals surface area (Å²) in [4.78, 5) is 22.8. The lowest BCUT2D eigenvalue weighted by Crippen LogP contribution is -2.13. The fourth-order valence-corrected chi connectivity index (χ4v) is 1.73. The first-order valence-corrected chi connectivity index (χ1v) is 5.94. The van der Waals surface area contributed by atoms with Crippen LogP contribution in [0.25, 0.3) is 0 Å². The molecule has 0 heterocycles. The van der Waals surface area contributed by atoms with E-state index in [9.17, 15) is 18.4 Å². The fourth-order valence-electron chi connectivity index (χ4n) is 1.73. The fraction of sp³-hybridized carbons (Fsp3) is 0.0667. The zero-order valence-corrected chi connectivity index (χ0v) is 11.0. The van der Waals surface area contributed by atoms with Crippen LogP contribution in [-0.2, 0) is 0 Å². The van der Waals surface area contributed by atoms with Gasteiger partial charge in [-0.05, 0) is 36.4 Å². The van der Waals surface area contributed by atoms with Crippen molar-refractivity contribution in [3.8, 4) is 5.75 Å². The summed E-state index contributed by atoms with van der Waals surface area (Å²) >= 11 is 0. The molecule has 0 aliphatic rings. The first-order valence-electron chi connectivity index (χ1n) is 5.94. The number of anilines is 1. The lowest BCUT2D eigenvalue weighted by Gasteiger charge is -2.10. The zero-order chi connectivity index (χ0) is 15.4. The van der Waals surface area contributed by atoms with E-state index in [1.54, 1.807) is 0 Å². The molecule has 6 heteroatoms. The molecule has 0 aromatic heterocycles. The Hall–Kier alpha value is -2.76. The van der Waals surface area contributed by atoms with Crippen LogP contribution in [-0.4, -0.2) is 19.3 Å². The Morgan fingerprint density at radius 2 is 1.90 bits per heavy atom. The number of rotatable bonds is 4. The Labute approximate surface area is 119 Å². The van der Waals surface area contributed by atoms with Crippen molar-refractivity contribution in [2.45, 2.75) is 0 Å². The third-order valence-corrected chi connectivity index (χ3v) is 2.79. The minimum absolute atomic E-state index is 0.0486. The van der Waals surface area contributed by atoms with E-state index in [1.165, 1.54) is 25.3 Å². The second-order valence-electron chi connectivity index (χ2n) is 4.16. The number of halogens is 2. The maximum absolute atomic E-state index is 13.1. The molecule has 0 saturated heterocycles. The minimum atomic E-state index is -1.11. The van der Waals surface area contributed by atoms with E-state index in [0.717, 1.165) is 18.2 Å². The van der Waals surface area contributed by atoms with E-state index in [2.05, 4.69) is 5.32 Å². The average molecular weight is 291 g/mol. The smallest absolute Gasteiger partial charge is 0.255 e. The van der Waals surface area contributed by atoms with E-state index in [1.807, 2.05) is 0 Å². The van der Waals surface area contributed by atoms with Gasteiger partial charge in [0.15, 0.2) is 11.6 Å². The number of amides is 1. The van der Waals surface area contributed by atoms with Gasteiger partial charge in [-0.15, -0.1) is 0 Å². The van der Waals surface area contributed by atoms with E-state index in [0.29, 0.717) is 17.6 Å². The van der Waals surface area contributed by atoms with Crippen LogP contribution < -0.4 is 10.1 Å². The highest BCUT2D eigenvalue weighted by Gasteiger charge is 2.12. The van der Waals surface area contributed by atoms with Gasteiger partial charge in [-0.3, -0.25) is 9.59 Å². The van der Waals surface area contributed by atoms with E-state index < -0.39 is 17.5 Å². The molecular weight excluding hydrogens is 280 g/mol. The first kappa shape index (κ1) is 14.6. The number of nitrogens with one attached hydrogen (secondary N) is 1. The van der Waals surface area contributed by atoms with Crippen LogP contribution >= 0.6 is 0 Å². The number of hydrogen-bond acceptors (Lipinski definition) is 3. The van der Waals surface area contributed by atoms with Crippen molar-refractivity contribution in [2.24, 2.45) is 0 Å². The first-order chi connectivity index (χ1) is 10.0. The molecule has 1 amide bonds. The Morgan fingerprint density at radius 1 is 1.14 bits per heavy atom. The zero-order valence-electron chi connectivity index (χ0n) is 11.0. The van der Waals surface area contributed by atoms with Crippen molar-refractivity contribution in [3.05, 3.63) is 59.2 Å². The predicted molar refractivity (Wildman–Crippen MR) is 72.7 cm³/mol. The second kappa shape index (κ2) is 6.13. The highest BCUT2D eigenvalue weighted by molar-refractivity contribution is 6.05. The summed E-state index contributed by atoms with van der Waals surface area (Å²) in [5, 5.41) is 2.49. The third-order valence-electron chi connectivity index (χ3n) is 2.79. The number of benzene rings is 2. The van der Waals surface area contributed by atoms with E-state index in [4.69, 9.17) is 4.74 Å². The van der Waals surface area contributed by atoms with Gasteiger partial charge < -0.3 is 10.1 Å². The number of carbonyl (C=O) groups is 2. The molecular formula is C15H11F2NO3. The number of carbonyl (C=O) groups excluding carboxylic acids is 2. The van der Waals surface area contributed by atoms with Crippen molar-refractivity contribution >= 4 is 17.9 Å². The van der Waals surface area contributed by atoms with Crippen LogP contribution in [0, 0.1) is 11.6 Å². The molecule has 0 aliphatic heterocycles. The molecule has 0 atom stereocenters. The molecule has 0 aliphatic carbocycles. The minimum Gasteiger partial charge on any atom is -0.495 e. The number of ether oxygens (including phenoxy) is 1. The Balaban J connectivity index is 2.30. The summed E-state index contributed by atoms with van der Waals surface area (Å²) in [5.74, 6) is -2.45. The van der Waals surface area contributed by atoms with Gasteiger partial charge in [0.25, 0.3) is 5.91 Å². The molecule has 2 rings (SSSR count). The molecule has 21 heavy (non-hydrogen) atoms. The standard InChI is InChI=1S/C15H11F2NO3/c1-21-14-5-2-9(8-19)6-13(14)18-15(20)10-3-4-11(16)12(17)7-10/h2-8H,1H3,(H,18,20). The van der Waals surface area contributed by atoms with Crippen molar-refractivity contribution in [1.29, 1.82) is 0 Å². The van der Waals surface area contributed by atoms with Gasteiger partial charge in [-0.25, -0.2) is 8.78 Å². The van der Waals surface area contributed by atoms with Crippen LogP contribution in [0.15, 0.2) is 36.4 Å². The maximum Gasteiger partial charge on any atom is 0.255 e. The molecule has 0 spiro atoms. The van der Waals surface area contributed by atoms with Crippen LogP contribution in [0.2, 0.25) is 0 Å². The van der Waals surface area contributed by atoms with Gasteiger partial charge in [-0.1, -0.05) is 0 Å². The van der Waals surface area contributed by atoms with Gasteiger partial charge in [-0.2, -0.15) is 0 Å². The van der Waals surface area contributed by atoms with Crippen molar-refractivity contribution in [1.82, 2.24) is 0 Å². The Morgan fingerprint density at radius 3 is 2.52 bits per heavy atom. The topological polar surface area (TPSA) is 55.4 Å². The van der Waals surface area contributed by atoms with Gasteiger partial charge in [0.2, 0.25) is 0 Å². The summed E-state index contributed by atoms with van der Waals surface area (Å²) in [6.45, 7) is 0. The van der Waals surface area contributed by atoms with Crippen molar-refractivity contribution in [2.75, 3.05) is 12.4 Å². The highest BCUT2D eigenvalue weighted by Crippen LogP contribution is 2.25. The van der Waals surface area contributed by atoms with Crippen LogP contribution in [0.3, 0.4) is 0 Å². The van der Waals surface area contributed by atoms with E-state index >= 15 is 0 Å². The largest absolute Gasteiger partial charge is 0.495 e.